The lowest BCUT2D eigenvalue weighted by Gasteiger charge is -2.01. The van der Waals surface area contributed by atoms with Crippen molar-refractivity contribution in [2.24, 2.45) is 0 Å². The highest BCUT2D eigenvalue weighted by Crippen LogP contribution is 2.21. The topological polar surface area (TPSA) is 30.2 Å². The molecule has 3 nitrogen and oxygen atoms in total. The van der Waals surface area contributed by atoms with E-state index in [-0.39, 0.29) is 5.82 Å². The molecule has 0 aliphatic carbocycles. The Morgan fingerprint density at radius 1 is 1.06 bits per heavy atom. The Balaban J connectivity index is 2.14. The zero-order valence-electron chi connectivity index (χ0n) is 8.64. The molecular formula is C12H7BrFN3. The molecule has 3 rings (SSSR count). The molecule has 0 aliphatic heterocycles. The first kappa shape index (κ1) is 10.4. The molecule has 0 bridgehead atoms. The molecule has 17 heavy (non-hydrogen) atoms. The standard InChI is InChI=1S/C12H7BrFN3/c13-11-6-16-17-7-9(5-15-12(11)17)8-1-3-10(14)4-2-8/h1-7H. The van der Waals surface area contributed by atoms with E-state index in [1.807, 2.05) is 6.20 Å². The third-order valence-electron chi connectivity index (χ3n) is 2.49. The number of halogens is 2. The van der Waals surface area contributed by atoms with Gasteiger partial charge in [-0.15, -0.1) is 0 Å². The van der Waals surface area contributed by atoms with Gasteiger partial charge in [-0.1, -0.05) is 12.1 Å². The first-order valence-corrected chi connectivity index (χ1v) is 5.78. The molecule has 0 radical (unpaired) electrons. The van der Waals surface area contributed by atoms with Crippen LogP contribution in [0, 0.1) is 5.82 Å². The number of aromatic nitrogens is 3. The zero-order valence-corrected chi connectivity index (χ0v) is 10.2. The van der Waals surface area contributed by atoms with Gasteiger partial charge in [-0.25, -0.2) is 13.9 Å². The molecule has 3 aromatic rings. The molecule has 2 aromatic heterocycles. The molecule has 1 aromatic carbocycles. The van der Waals surface area contributed by atoms with Crippen LogP contribution in [-0.2, 0) is 0 Å². The van der Waals surface area contributed by atoms with Crippen LogP contribution in [-0.4, -0.2) is 14.6 Å². The average Bonchev–Trinajstić information content (AvgIpc) is 2.72. The third-order valence-corrected chi connectivity index (χ3v) is 3.05. The monoisotopic (exact) mass is 291 g/mol. The summed E-state index contributed by atoms with van der Waals surface area (Å²) in [4.78, 5) is 4.30. The predicted molar refractivity (Wildman–Crippen MR) is 66.1 cm³/mol. The predicted octanol–water partition coefficient (Wildman–Crippen LogP) is 3.30. The second kappa shape index (κ2) is 3.92. The minimum absolute atomic E-state index is 0.246. The minimum atomic E-state index is -0.246. The van der Waals surface area contributed by atoms with Gasteiger partial charge in [0.15, 0.2) is 5.65 Å². The molecule has 0 saturated heterocycles. The Labute approximate surface area is 105 Å². The van der Waals surface area contributed by atoms with Crippen LogP contribution < -0.4 is 0 Å². The lowest BCUT2D eigenvalue weighted by molar-refractivity contribution is 0.628. The summed E-state index contributed by atoms with van der Waals surface area (Å²) in [5.74, 6) is -0.246. The summed E-state index contributed by atoms with van der Waals surface area (Å²) < 4.78 is 15.4. The summed E-state index contributed by atoms with van der Waals surface area (Å²) >= 11 is 3.36. The highest BCUT2D eigenvalue weighted by molar-refractivity contribution is 9.10. The second-order valence-electron chi connectivity index (χ2n) is 3.61. The number of hydrogen-bond donors (Lipinski definition) is 0. The molecule has 0 aliphatic rings. The van der Waals surface area contributed by atoms with Crippen molar-refractivity contribution in [3.63, 3.8) is 0 Å². The first-order valence-electron chi connectivity index (χ1n) is 4.99. The van der Waals surface area contributed by atoms with E-state index in [1.165, 1.54) is 12.1 Å². The minimum Gasteiger partial charge on any atom is -0.235 e. The number of nitrogens with zero attached hydrogens (tertiary/aromatic N) is 3. The van der Waals surface area contributed by atoms with Crippen LogP contribution in [0.3, 0.4) is 0 Å². The van der Waals surface area contributed by atoms with E-state index in [1.54, 1.807) is 29.0 Å². The van der Waals surface area contributed by atoms with Crippen LogP contribution in [0.5, 0.6) is 0 Å². The Hall–Kier alpha value is -1.75. The van der Waals surface area contributed by atoms with Gasteiger partial charge in [-0.05, 0) is 33.6 Å². The first-order chi connectivity index (χ1) is 8.24. The van der Waals surface area contributed by atoms with Crippen LogP contribution in [0.2, 0.25) is 0 Å². The van der Waals surface area contributed by atoms with Crippen molar-refractivity contribution in [3.05, 3.63) is 53.1 Å². The summed E-state index contributed by atoms with van der Waals surface area (Å²) in [7, 11) is 0. The summed E-state index contributed by atoms with van der Waals surface area (Å²) in [6, 6.07) is 6.30. The van der Waals surface area contributed by atoms with E-state index < -0.39 is 0 Å². The Bertz CT molecular complexity index is 676. The Morgan fingerprint density at radius 2 is 1.82 bits per heavy atom. The van der Waals surface area contributed by atoms with Gasteiger partial charge in [0.2, 0.25) is 0 Å². The van der Waals surface area contributed by atoms with Gasteiger partial charge in [-0.3, -0.25) is 0 Å². The molecule has 0 fully saturated rings. The average molecular weight is 292 g/mol. The highest BCUT2D eigenvalue weighted by Gasteiger charge is 2.04. The lowest BCUT2D eigenvalue weighted by atomic mass is 10.1. The third kappa shape index (κ3) is 1.82. The SMILES string of the molecule is Fc1ccc(-c2cnc3c(Br)cnn3c2)cc1. The Kier molecular flexibility index (Phi) is 2.40. The number of hydrogen-bond acceptors (Lipinski definition) is 2. The summed E-state index contributed by atoms with van der Waals surface area (Å²) in [5.41, 5.74) is 2.57. The van der Waals surface area contributed by atoms with Gasteiger partial charge in [-0.2, -0.15) is 5.10 Å². The molecule has 0 amide bonds. The highest BCUT2D eigenvalue weighted by atomic mass is 79.9. The van der Waals surface area contributed by atoms with E-state index in [0.717, 1.165) is 21.2 Å². The van der Waals surface area contributed by atoms with E-state index in [0.29, 0.717) is 0 Å². The second-order valence-corrected chi connectivity index (χ2v) is 4.46. The molecule has 0 unspecified atom stereocenters. The van der Waals surface area contributed by atoms with E-state index >= 15 is 0 Å². The van der Waals surface area contributed by atoms with Crippen LogP contribution >= 0.6 is 15.9 Å². The molecule has 84 valence electrons. The van der Waals surface area contributed by atoms with Gasteiger partial charge in [0.05, 0.1) is 10.7 Å². The van der Waals surface area contributed by atoms with Crippen molar-refractivity contribution in [1.82, 2.24) is 14.6 Å². The number of benzene rings is 1. The smallest absolute Gasteiger partial charge is 0.169 e. The van der Waals surface area contributed by atoms with Crippen molar-refractivity contribution in [3.8, 4) is 11.1 Å². The van der Waals surface area contributed by atoms with Gasteiger partial charge in [0, 0.05) is 18.0 Å². The maximum absolute atomic E-state index is 12.8. The van der Waals surface area contributed by atoms with Crippen molar-refractivity contribution in [2.45, 2.75) is 0 Å². The lowest BCUT2D eigenvalue weighted by Crippen LogP contribution is -1.91. The number of rotatable bonds is 1. The van der Waals surface area contributed by atoms with Crippen molar-refractivity contribution in [1.29, 1.82) is 0 Å². The fourth-order valence-corrected chi connectivity index (χ4v) is 2.01. The molecule has 0 atom stereocenters. The fourth-order valence-electron chi connectivity index (χ4n) is 1.64. The zero-order chi connectivity index (χ0) is 11.8. The van der Waals surface area contributed by atoms with Gasteiger partial charge >= 0.3 is 0 Å². The van der Waals surface area contributed by atoms with Crippen molar-refractivity contribution >= 4 is 21.6 Å². The summed E-state index contributed by atoms with van der Waals surface area (Å²) in [5, 5.41) is 4.16. The van der Waals surface area contributed by atoms with E-state index in [2.05, 4.69) is 26.0 Å². The fraction of sp³-hybridized carbons (Fsp3) is 0. The van der Waals surface area contributed by atoms with Crippen LogP contribution in [0.4, 0.5) is 4.39 Å². The quantitative estimate of drug-likeness (QED) is 0.689. The Morgan fingerprint density at radius 3 is 2.59 bits per heavy atom. The van der Waals surface area contributed by atoms with Gasteiger partial charge < -0.3 is 0 Å². The number of fused-ring (bicyclic) bond motifs is 1. The molecule has 2 heterocycles. The van der Waals surface area contributed by atoms with E-state index in [4.69, 9.17) is 0 Å². The normalized spacial score (nSPS) is 10.9. The maximum Gasteiger partial charge on any atom is 0.169 e. The molecule has 5 heteroatoms. The summed E-state index contributed by atoms with van der Waals surface area (Å²) in [6.07, 6.45) is 5.30. The molecule has 0 N–H and O–H groups in total. The summed E-state index contributed by atoms with van der Waals surface area (Å²) in [6.45, 7) is 0. The van der Waals surface area contributed by atoms with E-state index in [9.17, 15) is 4.39 Å². The van der Waals surface area contributed by atoms with Gasteiger partial charge in [0.25, 0.3) is 0 Å². The van der Waals surface area contributed by atoms with Crippen LogP contribution in [0.1, 0.15) is 0 Å². The maximum atomic E-state index is 12.8. The largest absolute Gasteiger partial charge is 0.235 e. The van der Waals surface area contributed by atoms with Gasteiger partial charge in [0.1, 0.15) is 5.82 Å². The molecular weight excluding hydrogens is 285 g/mol. The molecule has 0 spiro atoms. The van der Waals surface area contributed by atoms with Crippen molar-refractivity contribution < 1.29 is 4.39 Å². The van der Waals surface area contributed by atoms with Crippen LogP contribution in [0.25, 0.3) is 16.8 Å². The molecule has 0 saturated carbocycles. The van der Waals surface area contributed by atoms with Crippen molar-refractivity contribution in [2.75, 3.05) is 0 Å². The van der Waals surface area contributed by atoms with Crippen LogP contribution in [0.15, 0.2) is 47.3 Å².